The van der Waals surface area contributed by atoms with Crippen LogP contribution < -0.4 is 14.4 Å². The molecular formula is C46H36N2O8S. The summed E-state index contributed by atoms with van der Waals surface area (Å²) in [5, 5.41) is 0. The molecule has 284 valence electrons. The van der Waals surface area contributed by atoms with Crippen molar-refractivity contribution in [2.45, 2.75) is 42.4 Å². The normalized spacial score (nSPS) is 13.9. The minimum Gasteiger partial charge on any atom is -0.457 e. The Bertz CT molecular complexity index is 2720. The fraction of sp³-hybridized carbons (Fsp3) is 0.130. The summed E-state index contributed by atoms with van der Waals surface area (Å²) < 4.78 is 38.8. The van der Waals surface area contributed by atoms with Gasteiger partial charge >= 0.3 is 0 Å². The van der Waals surface area contributed by atoms with Crippen molar-refractivity contribution in [2.75, 3.05) is 11.9 Å². The van der Waals surface area contributed by atoms with E-state index in [0.717, 1.165) is 32.9 Å². The van der Waals surface area contributed by atoms with Crippen LogP contribution in [-0.2, 0) is 21.7 Å². The topological polar surface area (TPSA) is 127 Å². The molecule has 11 heteroatoms. The lowest BCUT2D eigenvalue weighted by Gasteiger charge is -2.26. The van der Waals surface area contributed by atoms with Crippen molar-refractivity contribution in [1.82, 2.24) is 4.90 Å². The summed E-state index contributed by atoms with van der Waals surface area (Å²) in [6.45, 7) is 6.15. The van der Waals surface area contributed by atoms with Crippen LogP contribution in [0.5, 0.6) is 23.0 Å². The molecule has 0 atom stereocenters. The number of imide groups is 2. The van der Waals surface area contributed by atoms with Crippen molar-refractivity contribution < 1.29 is 37.1 Å². The van der Waals surface area contributed by atoms with E-state index in [4.69, 9.17) is 9.47 Å². The van der Waals surface area contributed by atoms with Crippen LogP contribution in [0, 0.1) is 0 Å². The van der Waals surface area contributed by atoms with Crippen LogP contribution in [0.25, 0.3) is 0 Å². The number of sulfone groups is 1. The van der Waals surface area contributed by atoms with Gasteiger partial charge in [-0.1, -0.05) is 69.3 Å². The van der Waals surface area contributed by atoms with Crippen molar-refractivity contribution in [2.24, 2.45) is 0 Å². The molecule has 0 saturated carbocycles. The van der Waals surface area contributed by atoms with Crippen molar-refractivity contribution in [1.29, 1.82) is 0 Å². The Kier molecular flexibility index (Phi) is 9.12. The van der Waals surface area contributed by atoms with Gasteiger partial charge in [0.05, 0.1) is 37.7 Å². The first-order valence-corrected chi connectivity index (χ1v) is 19.8. The maximum absolute atomic E-state index is 13.8. The zero-order valence-electron chi connectivity index (χ0n) is 31.5. The second kappa shape index (κ2) is 14.0. The Morgan fingerprint density at radius 2 is 1.00 bits per heavy atom. The molecular weight excluding hydrogens is 741 g/mol. The molecule has 57 heavy (non-hydrogen) atoms. The molecule has 0 aromatic heterocycles. The standard InChI is InChI=1S/C46H36N2O8S/c1-5-28-12-24-34(25-13-28)57(53,54)35-26-18-31(19-27-35)48-43(50)37-9-7-11-39(41(37)45(48)52)56-33-22-16-30(17-23-33)46(2,3)29-14-20-32(21-15-29)55-38-10-6-8-36-40(38)44(51)47(4)42(36)49/h6-27H,5H2,1-4H3. The van der Waals surface area contributed by atoms with Gasteiger partial charge in [-0.05, 0) is 108 Å². The Hall–Kier alpha value is -6.85. The predicted octanol–water partition coefficient (Wildman–Crippen LogP) is 9.02. The molecule has 2 heterocycles. The number of ether oxygens (including phenoxy) is 2. The van der Waals surface area contributed by atoms with E-state index >= 15 is 0 Å². The van der Waals surface area contributed by atoms with Gasteiger partial charge in [-0.3, -0.25) is 24.1 Å². The molecule has 0 fully saturated rings. The number of carbonyl (C=O) groups excluding carboxylic acids is 4. The highest BCUT2D eigenvalue weighted by atomic mass is 32.2. The van der Waals surface area contributed by atoms with E-state index in [2.05, 4.69) is 13.8 Å². The molecule has 6 aromatic rings. The van der Waals surface area contributed by atoms with E-state index in [0.29, 0.717) is 22.8 Å². The zero-order valence-corrected chi connectivity index (χ0v) is 32.3. The highest BCUT2D eigenvalue weighted by molar-refractivity contribution is 7.91. The van der Waals surface area contributed by atoms with Gasteiger partial charge in [-0.25, -0.2) is 13.3 Å². The smallest absolute Gasteiger partial charge is 0.269 e. The Morgan fingerprint density at radius 3 is 1.49 bits per heavy atom. The molecule has 0 unspecified atom stereocenters. The number of nitrogens with zero attached hydrogens (tertiary/aromatic N) is 2. The number of hydrogen-bond acceptors (Lipinski definition) is 8. The van der Waals surface area contributed by atoms with Crippen molar-refractivity contribution in [3.63, 3.8) is 0 Å². The van der Waals surface area contributed by atoms with Crippen molar-refractivity contribution in [3.8, 4) is 23.0 Å². The van der Waals surface area contributed by atoms with Gasteiger partial charge in [0, 0.05) is 12.5 Å². The third kappa shape index (κ3) is 6.35. The summed E-state index contributed by atoms with van der Waals surface area (Å²) in [7, 11) is -2.36. The number of anilines is 1. The number of rotatable bonds is 10. The molecule has 0 radical (unpaired) electrons. The summed E-state index contributed by atoms with van der Waals surface area (Å²) in [5.41, 5.74) is 3.65. The van der Waals surface area contributed by atoms with Crippen molar-refractivity contribution >= 4 is 39.2 Å². The Balaban J connectivity index is 0.969. The molecule has 10 nitrogen and oxygen atoms in total. The van der Waals surface area contributed by atoms with Crippen LogP contribution in [0.15, 0.2) is 143 Å². The highest BCUT2D eigenvalue weighted by Gasteiger charge is 2.40. The second-order valence-electron chi connectivity index (χ2n) is 14.3. The summed E-state index contributed by atoms with van der Waals surface area (Å²) in [6, 6.07) is 37.2. The van der Waals surface area contributed by atoms with Gasteiger partial charge in [0.25, 0.3) is 23.6 Å². The largest absolute Gasteiger partial charge is 0.457 e. The minimum absolute atomic E-state index is 0.0474. The molecule has 4 amide bonds. The summed E-state index contributed by atoms with van der Waals surface area (Å²) in [6.07, 6.45) is 0.788. The maximum atomic E-state index is 13.8. The Morgan fingerprint density at radius 1 is 0.544 bits per heavy atom. The lowest BCUT2D eigenvalue weighted by atomic mass is 9.78. The monoisotopic (exact) mass is 776 g/mol. The number of fused-ring (bicyclic) bond motifs is 2. The molecule has 0 bridgehead atoms. The van der Waals surface area contributed by atoms with Crippen LogP contribution in [-0.4, -0.2) is 44.0 Å². The first kappa shape index (κ1) is 37.1. The second-order valence-corrected chi connectivity index (χ2v) is 16.3. The number of amides is 4. The molecule has 2 aliphatic heterocycles. The lowest BCUT2D eigenvalue weighted by Crippen LogP contribution is -2.29. The summed E-state index contributed by atoms with van der Waals surface area (Å²) in [4.78, 5) is 54.8. The first-order valence-electron chi connectivity index (χ1n) is 18.3. The van der Waals surface area contributed by atoms with Gasteiger partial charge in [-0.15, -0.1) is 0 Å². The van der Waals surface area contributed by atoms with E-state index in [1.165, 1.54) is 31.3 Å². The molecule has 0 saturated heterocycles. The van der Waals surface area contributed by atoms with E-state index < -0.39 is 33.0 Å². The highest BCUT2D eigenvalue weighted by Crippen LogP contribution is 2.39. The average molecular weight is 777 g/mol. The van der Waals surface area contributed by atoms with Gasteiger partial charge in [0.15, 0.2) is 0 Å². The molecule has 0 spiro atoms. The molecule has 2 aliphatic rings. The summed E-state index contributed by atoms with van der Waals surface area (Å²) >= 11 is 0. The first-order chi connectivity index (χ1) is 27.3. The Labute approximate surface area is 329 Å². The van der Waals surface area contributed by atoms with Gasteiger partial charge in [0.1, 0.15) is 23.0 Å². The van der Waals surface area contributed by atoms with E-state index in [1.807, 2.05) is 43.3 Å². The quantitative estimate of drug-likeness (QED) is 0.126. The molecule has 6 aromatic carbocycles. The zero-order chi connectivity index (χ0) is 40.2. The average Bonchev–Trinajstić information content (AvgIpc) is 3.62. The number of hydrogen-bond donors (Lipinski definition) is 0. The van der Waals surface area contributed by atoms with Crippen molar-refractivity contribution in [3.05, 3.63) is 172 Å². The number of carbonyl (C=O) groups is 4. The molecule has 0 N–H and O–H groups in total. The fourth-order valence-corrected chi connectivity index (χ4v) is 8.41. The number of benzene rings is 6. The fourth-order valence-electron chi connectivity index (χ4n) is 7.14. The third-order valence-electron chi connectivity index (χ3n) is 10.6. The molecule has 8 rings (SSSR count). The number of aryl methyl sites for hydroxylation is 1. The van der Waals surface area contributed by atoms with Crippen LogP contribution >= 0.6 is 0 Å². The van der Waals surface area contributed by atoms with Gasteiger partial charge in [0.2, 0.25) is 9.84 Å². The van der Waals surface area contributed by atoms with Crippen LogP contribution in [0.1, 0.15) is 78.9 Å². The minimum atomic E-state index is -3.81. The predicted molar refractivity (Wildman–Crippen MR) is 213 cm³/mol. The van der Waals surface area contributed by atoms with Crippen LogP contribution in [0.2, 0.25) is 0 Å². The molecule has 0 aliphatic carbocycles. The van der Waals surface area contributed by atoms with Gasteiger partial charge in [-0.2, -0.15) is 0 Å². The maximum Gasteiger partial charge on any atom is 0.269 e. The SMILES string of the molecule is CCc1ccc(S(=O)(=O)c2ccc(N3C(=O)c4cccc(Oc5ccc(C(C)(C)c6ccc(Oc7cccc8c7C(=O)N(C)C8=O)cc6)cc5)c4C3=O)cc2)cc1. The van der Waals surface area contributed by atoms with E-state index in [1.54, 1.807) is 72.8 Å². The van der Waals surface area contributed by atoms with E-state index in [-0.39, 0.29) is 43.8 Å². The van der Waals surface area contributed by atoms with Crippen LogP contribution in [0.3, 0.4) is 0 Å². The third-order valence-corrected chi connectivity index (χ3v) is 12.4. The lowest BCUT2D eigenvalue weighted by molar-refractivity contribution is 0.0691. The summed E-state index contributed by atoms with van der Waals surface area (Å²) in [5.74, 6) is -0.371. The van der Waals surface area contributed by atoms with Crippen LogP contribution in [0.4, 0.5) is 5.69 Å². The van der Waals surface area contributed by atoms with E-state index in [9.17, 15) is 27.6 Å². The van der Waals surface area contributed by atoms with Gasteiger partial charge < -0.3 is 9.47 Å².